The molecule has 0 saturated carbocycles. The minimum absolute atomic E-state index is 0.140. The van der Waals surface area contributed by atoms with E-state index in [0.29, 0.717) is 17.9 Å². The van der Waals surface area contributed by atoms with Gasteiger partial charge in [0.1, 0.15) is 0 Å². The van der Waals surface area contributed by atoms with Gasteiger partial charge in [-0.25, -0.2) is 14.5 Å². The molecule has 2 aromatic heterocycles. The third-order valence-corrected chi connectivity index (χ3v) is 3.63. The van der Waals surface area contributed by atoms with Crippen molar-refractivity contribution >= 4 is 11.7 Å². The number of rotatable bonds is 6. The summed E-state index contributed by atoms with van der Waals surface area (Å²) in [6.07, 6.45) is 5.57. The van der Waals surface area contributed by atoms with Gasteiger partial charge in [-0.3, -0.25) is 0 Å². The molecule has 7 nitrogen and oxygen atoms in total. The number of benzene rings is 1. The number of carbonyl (C=O) groups is 1. The van der Waals surface area contributed by atoms with E-state index in [1.54, 1.807) is 35.4 Å². The van der Waals surface area contributed by atoms with Crippen LogP contribution < -0.4 is 10.6 Å². The minimum atomic E-state index is -0.386. The smallest absolute Gasteiger partial charge is 0.319 e. The van der Waals surface area contributed by atoms with Gasteiger partial charge in [0.25, 0.3) is 0 Å². The van der Waals surface area contributed by atoms with Crippen LogP contribution in [0.5, 0.6) is 0 Å². The normalized spacial score (nSPS) is 11.7. The number of hydrogen-bond acceptors (Lipinski definition) is 4. The van der Waals surface area contributed by atoms with Crippen molar-refractivity contribution in [1.82, 2.24) is 20.1 Å². The highest BCUT2D eigenvalue weighted by Gasteiger charge is 2.12. The first-order chi connectivity index (χ1) is 12.2. The molecule has 7 heteroatoms. The van der Waals surface area contributed by atoms with Crippen molar-refractivity contribution in [2.24, 2.45) is 0 Å². The van der Waals surface area contributed by atoms with E-state index in [2.05, 4.69) is 20.7 Å². The fraction of sp³-hybridized carbons (Fsp3) is 0.167. The van der Waals surface area contributed by atoms with Crippen molar-refractivity contribution in [3.63, 3.8) is 0 Å². The van der Waals surface area contributed by atoms with Crippen molar-refractivity contribution in [1.29, 1.82) is 0 Å². The predicted molar refractivity (Wildman–Crippen MR) is 94.5 cm³/mol. The van der Waals surface area contributed by atoms with Crippen molar-refractivity contribution < 1.29 is 9.90 Å². The van der Waals surface area contributed by atoms with Gasteiger partial charge in [-0.15, -0.1) is 0 Å². The lowest BCUT2D eigenvalue weighted by Gasteiger charge is -2.17. The summed E-state index contributed by atoms with van der Waals surface area (Å²) in [4.78, 5) is 16.4. The number of nitrogens with one attached hydrogen (secondary N) is 2. The standard InChI is InChI=1S/C18H19N5O2/c24-13-16(11-14-5-2-1-3-6-14)22-18(25)21-15-7-8-17(19-12-15)23-10-4-9-20-23/h1-10,12,16,24H,11,13H2,(H2,21,22,25)/t16-/m1/s1. The van der Waals surface area contributed by atoms with Gasteiger partial charge in [0, 0.05) is 12.4 Å². The van der Waals surface area contributed by atoms with E-state index in [1.807, 2.05) is 36.4 Å². The lowest BCUT2D eigenvalue weighted by Crippen LogP contribution is -2.41. The zero-order valence-corrected chi connectivity index (χ0v) is 13.5. The first-order valence-corrected chi connectivity index (χ1v) is 7.93. The van der Waals surface area contributed by atoms with E-state index in [-0.39, 0.29) is 18.7 Å². The molecule has 0 aliphatic rings. The molecule has 128 valence electrons. The van der Waals surface area contributed by atoms with Crippen LogP contribution in [-0.4, -0.2) is 38.6 Å². The van der Waals surface area contributed by atoms with Crippen molar-refractivity contribution in [2.45, 2.75) is 12.5 Å². The maximum absolute atomic E-state index is 12.1. The second-order valence-corrected chi connectivity index (χ2v) is 5.52. The summed E-state index contributed by atoms with van der Waals surface area (Å²) >= 11 is 0. The molecule has 0 bridgehead atoms. The average Bonchev–Trinajstić information content (AvgIpc) is 3.17. The van der Waals surface area contributed by atoms with E-state index in [4.69, 9.17) is 0 Å². The highest BCUT2D eigenvalue weighted by molar-refractivity contribution is 5.89. The van der Waals surface area contributed by atoms with Crippen LogP contribution in [0.1, 0.15) is 5.56 Å². The molecule has 1 aromatic carbocycles. The molecule has 25 heavy (non-hydrogen) atoms. The third-order valence-electron chi connectivity index (χ3n) is 3.63. The minimum Gasteiger partial charge on any atom is -0.394 e. The van der Waals surface area contributed by atoms with Crippen LogP contribution >= 0.6 is 0 Å². The number of amides is 2. The highest BCUT2D eigenvalue weighted by atomic mass is 16.3. The quantitative estimate of drug-likeness (QED) is 0.641. The van der Waals surface area contributed by atoms with E-state index >= 15 is 0 Å². The fourth-order valence-electron chi connectivity index (χ4n) is 2.41. The Morgan fingerprint density at radius 1 is 1.16 bits per heavy atom. The fourth-order valence-corrected chi connectivity index (χ4v) is 2.41. The second-order valence-electron chi connectivity index (χ2n) is 5.52. The molecule has 0 fully saturated rings. The number of carbonyl (C=O) groups excluding carboxylic acids is 1. The number of aliphatic hydroxyl groups is 1. The van der Waals surface area contributed by atoms with E-state index in [1.165, 1.54) is 0 Å². The predicted octanol–water partition coefficient (Wildman–Crippen LogP) is 1.99. The number of pyridine rings is 1. The molecule has 3 aromatic rings. The molecular weight excluding hydrogens is 318 g/mol. The maximum atomic E-state index is 12.1. The molecule has 3 N–H and O–H groups in total. The number of nitrogens with zero attached hydrogens (tertiary/aromatic N) is 3. The molecule has 0 unspecified atom stereocenters. The number of hydrogen-bond donors (Lipinski definition) is 3. The van der Waals surface area contributed by atoms with Crippen LogP contribution in [-0.2, 0) is 6.42 Å². The first-order valence-electron chi connectivity index (χ1n) is 7.93. The van der Waals surface area contributed by atoms with Gasteiger partial charge in [-0.2, -0.15) is 5.10 Å². The van der Waals surface area contributed by atoms with Crippen molar-refractivity contribution in [2.75, 3.05) is 11.9 Å². The molecule has 0 aliphatic carbocycles. The Balaban J connectivity index is 1.56. The van der Waals surface area contributed by atoms with Crippen LogP contribution in [0.3, 0.4) is 0 Å². The van der Waals surface area contributed by atoms with E-state index < -0.39 is 0 Å². The van der Waals surface area contributed by atoms with Crippen LogP contribution in [0.25, 0.3) is 5.82 Å². The summed E-state index contributed by atoms with van der Waals surface area (Å²) < 4.78 is 1.63. The lowest BCUT2D eigenvalue weighted by molar-refractivity contribution is 0.224. The summed E-state index contributed by atoms with van der Waals surface area (Å²) in [5.41, 5.74) is 1.61. The van der Waals surface area contributed by atoms with Gasteiger partial charge in [0.15, 0.2) is 5.82 Å². The maximum Gasteiger partial charge on any atom is 0.319 e. The molecule has 3 rings (SSSR count). The number of urea groups is 1. The highest BCUT2D eigenvalue weighted by Crippen LogP contribution is 2.09. The van der Waals surface area contributed by atoms with E-state index in [0.717, 1.165) is 5.56 Å². The summed E-state index contributed by atoms with van der Waals surface area (Å²) in [6, 6.07) is 14.3. The number of aromatic nitrogens is 3. The summed E-state index contributed by atoms with van der Waals surface area (Å²) in [6.45, 7) is -0.140. The van der Waals surface area contributed by atoms with Gasteiger partial charge < -0.3 is 15.7 Å². The Hall–Kier alpha value is -3.19. The Morgan fingerprint density at radius 2 is 2.00 bits per heavy atom. The molecule has 2 heterocycles. The van der Waals surface area contributed by atoms with Crippen molar-refractivity contribution in [3.05, 3.63) is 72.7 Å². The molecule has 0 radical (unpaired) electrons. The van der Waals surface area contributed by atoms with Crippen LogP contribution in [0.2, 0.25) is 0 Å². The summed E-state index contributed by atoms with van der Waals surface area (Å²) in [7, 11) is 0. The number of anilines is 1. The van der Waals surface area contributed by atoms with Crippen LogP contribution in [0, 0.1) is 0 Å². The molecule has 0 saturated heterocycles. The molecule has 2 amide bonds. The first kappa shape index (κ1) is 16.7. The molecular formula is C18H19N5O2. The van der Waals surface area contributed by atoms with Gasteiger partial charge in [0.05, 0.1) is 24.5 Å². The zero-order chi connectivity index (χ0) is 17.5. The Labute approximate surface area is 145 Å². The average molecular weight is 337 g/mol. The molecule has 0 aliphatic heterocycles. The monoisotopic (exact) mass is 337 g/mol. The molecule has 1 atom stereocenters. The summed E-state index contributed by atoms with van der Waals surface area (Å²) in [5.74, 6) is 0.660. The topological polar surface area (TPSA) is 92.1 Å². The zero-order valence-electron chi connectivity index (χ0n) is 13.5. The Morgan fingerprint density at radius 3 is 2.64 bits per heavy atom. The van der Waals surface area contributed by atoms with Gasteiger partial charge in [-0.1, -0.05) is 30.3 Å². The van der Waals surface area contributed by atoms with Crippen LogP contribution in [0.4, 0.5) is 10.5 Å². The third kappa shape index (κ3) is 4.65. The summed E-state index contributed by atoms with van der Waals surface area (Å²) in [5, 5.41) is 19.0. The van der Waals surface area contributed by atoms with Crippen LogP contribution in [0.15, 0.2) is 67.1 Å². The Kier molecular flexibility index (Phi) is 5.38. The lowest BCUT2D eigenvalue weighted by atomic mass is 10.1. The number of aliphatic hydroxyl groups excluding tert-OH is 1. The second kappa shape index (κ2) is 8.07. The SMILES string of the molecule is O=C(Nc1ccc(-n2cccn2)nc1)N[C@@H](CO)Cc1ccccc1. The largest absolute Gasteiger partial charge is 0.394 e. The van der Waals surface area contributed by atoms with Gasteiger partial charge >= 0.3 is 6.03 Å². The van der Waals surface area contributed by atoms with Crippen molar-refractivity contribution in [3.8, 4) is 5.82 Å². The van der Waals surface area contributed by atoms with Gasteiger partial charge in [-0.05, 0) is 30.2 Å². The van der Waals surface area contributed by atoms with Gasteiger partial charge in [0.2, 0.25) is 0 Å². The Bertz CT molecular complexity index is 788. The van der Waals surface area contributed by atoms with E-state index in [9.17, 15) is 9.90 Å². The molecule has 0 spiro atoms.